The standard InChI is InChI=1S/C7H7NO4/c1-11-6-4-5(12-8-6)2-3-7(9)10/h2-4H,1H3,(H,9,10). The minimum absolute atomic E-state index is 0.319. The normalized spacial score (nSPS) is 10.4. The minimum Gasteiger partial charge on any atom is -0.479 e. The lowest BCUT2D eigenvalue weighted by Crippen LogP contribution is -1.84. The Morgan fingerprint density at radius 3 is 3.08 bits per heavy atom. The molecule has 1 heterocycles. The summed E-state index contributed by atoms with van der Waals surface area (Å²) in [6.45, 7) is 0. The Morgan fingerprint density at radius 2 is 2.58 bits per heavy atom. The molecule has 1 aromatic rings. The molecule has 1 N–H and O–H groups in total. The molecule has 0 saturated heterocycles. The predicted octanol–water partition coefficient (Wildman–Crippen LogP) is 0.781. The minimum atomic E-state index is -1.04. The average Bonchev–Trinajstić information content (AvgIpc) is 2.48. The van der Waals surface area contributed by atoms with Gasteiger partial charge in [-0.25, -0.2) is 4.79 Å². The van der Waals surface area contributed by atoms with E-state index in [1.807, 2.05) is 0 Å². The van der Waals surface area contributed by atoms with Crippen molar-refractivity contribution in [1.82, 2.24) is 5.16 Å². The van der Waals surface area contributed by atoms with Crippen molar-refractivity contribution in [3.8, 4) is 5.88 Å². The fourth-order valence-electron chi connectivity index (χ4n) is 0.600. The zero-order valence-electron chi connectivity index (χ0n) is 6.35. The van der Waals surface area contributed by atoms with Crippen molar-refractivity contribution in [2.45, 2.75) is 0 Å². The molecule has 0 aromatic carbocycles. The molecule has 5 nitrogen and oxygen atoms in total. The lowest BCUT2D eigenvalue weighted by atomic mass is 10.4. The molecule has 0 fully saturated rings. The maximum atomic E-state index is 10.1. The molecular weight excluding hydrogens is 162 g/mol. The van der Waals surface area contributed by atoms with Crippen LogP contribution in [-0.2, 0) is 4.79 Å². The highest BCUT2D eigenvalue weighted by Gasteiger charge is 1.99. The molecule has 1 aromatic heterocycles. The fraction of sp³-hybridized carbons (Fsp3) is 0.143. The van der Waals surface area contributed by atoms with Crippen LogP contribution in [0.1, 0.15) is 5.76 Å². The van der Waals surface area contributed by atoms with E-state index in [2.05, 4.69) is 9.68 Å². The number of carbonyl (C=O) groups is 1. The van der Waals surface area contributed by atoms with Gasteiger partial charge >= 0.3 is 5.97 Å². The Balaban J connectivity index is 2.70. The van der Waals surface area contributed by atoms with Gasteiger partial charge in [0.05, 0.1) is 7.11 Å². The zero-order valence-corrected chi connectivity index (χ0v) is 6.35. The second-order valence-corrected chi connectivity index (χ2v) is 1.94. The predicted molar refractivity (Wildman–Crippen MR) is 39.7 cm³/mol. The van der Waals surface area contributed by atoms with Crippen LogP contribution in [0, 0.1) is 0 Å². The maximum absolute atomic E-state index is 10.1. The van der Waals surface area contributed by atoms with Gasteiger partial charge in [-0.15, -0.1) is 0 Å². The van der Waals surface area contributed by atoms with Crippen molar-refractivity contribution in [3.63, 3.8) is 0 Å². The third-order valence-corrected chi connectivity index (χ3v) is 1.11. The van der Waals surface area contributed by atoms with E-state index in [9.17, 15) is 4.79 Å². The average molecular weight is 169 g/mol. The summed E-state index contributed by atoms with van der Waals surface area (Å²) in [5.74, 6) is -0.375. The number of rotatable bonds is 3. The van der Waals surface area contributed by atoms with Crippen molar-refractivity contribution in [2.75, 3.05) is 7.11 Å². The smallest absolute Gasteiger partial charge is 0.328 e. The molecule has 0 atom stereocenters. The van der Waals surface area contributed by atoms with Gasteiger partial charge in [-0.1, -0.05) is 0 Å². The van der Waals surface area contributed by atoms with E-state index in [0.717, 1.165) is 6.08 Å². The molecule has 0 amide bonds. The third kappa shape index (κ3) is 2.12. The number of aliphatic carboxylic acids is 1. The first-order valence-corrected chi connectivity index (χ1v) is 3.14. The van der Waals surface area contributed by atoms with Crippen LogP contribution >= 0.6 is 0 Å². The van der Waals surface area contributed by atoms with E-state index >= 15 is 0 Å². The quantitative estimate of drug-likeness (QED) is 0.677. The molecule has 0 aliphatic rings. The van der Waals surface area contributed by atoms with Gasteiger partial charge in [0.1, 0.15) is 0 Å². The molecule has 0 aliphatic heterocycles. The summed E-state index contributed by atoms with van der Waals surface area (Å²) in [7, 11) is 1.45. The maximum Gasteiger partial charge on any atom is 0.328 e. The van der Waals surface area contributed by atoms with E-state index in [1.165, 1.54) is 19.3 Å². The Hall–Kier alpha value is -1.78. The summed E-state index contributed by atoms with van der Waals surface area (Å²) >= 11 is 0. The first kappa shape index (κ1) is 8.32. The number of methoxy groups -OCH3 is 1. The topological polar surface area (TPSA) is 72.6 Å². The highest BCUT2D eigenvalue weighted by atomic mass is 16.5. The Morgan fingerprint density at radius 1 is 1.83 bits per heavy atom. The van der Waals surface area contributed by atoms with Crippen molar-refractivity contribution in [1.29, 1.82) is 0 Å². The van der Waals surface area contributed by atoms with Gasteiger partial charge < -0.3 is 14.4 Å². The molecule has 12 heavy (non-hydrogen) atoms. The van der Waals surface area contributed by atoms with E-state index in [1.54, 1.807) is 0 Å². The Bertz CT molecular complexity index is 302. The third-order valence-electron chi connectivity index (χ3n) is 1.11. The summed E-state index contributed by atoms with van der Waals surface area (Å²) in [5, 5.41) is 11.7. The molecule has 1 rings (SSSR count). The van der Waals surface area contributed by atoms with Gasteiger partial charge in [-0.05, 0) is 11.2 Å². The highest BCUT2D eigenvalue weighted by Crippen LogP contribution is 2.11. The molecule has 64 valence electrons. The fourth-order valence-corrected chi connectivity index (χ4v) is 0.600. The monoisotopic (exact) mass is 169 g/mol. The SMILES string of the molecule is COc1cc(C=CC(=O)O)on1. The summed E-state index contributed by atoms with van der Waals surface area (Å²) in [6, 6.07) is 1.49. The number of carboxylic acids is 1. The molecular formula is C7H7NO4. The molecule has 0 aliphatic carbocycles. The number of hydrogen-bond donors (Lipinski definition) is 1. The number of nitrogens with zero attached hydrogens (tertiary/aromatic N) is 1. The first-order chi connectivity index (χ1) is 5.72. The number of aromatic nitrogens is 1. The second-order valence-electron chi connectivity index (χ2n) is 1.94. The van der Waals surface area contributed by atoms with Crippen LogP contribution in [0.15, 0.2) is 16.7 Å². The van der Waals surface area contributed by atoms with Crippen LogP contribution in [0.25, 0.3) is 6.08 Å². The van der Waals surface area contributed by atoms with E-state index in [4.69, 9.17) is 9.84 Å². The molecule has 0 bridgehead atoms. The van der Waals surface area contributed by atoms with Crippen molar-refractivity contribution < 1.29 is 19.2 Å². The van der Waals surface area contributed by atoms with Crippen molar-refractivity contribution >= 4 is 12.0 Å². The van der Waals surface area contributed by atoms with Crippen LogP contribution in [0.3, 0.4) is 0 Å². The second kappa shape index (κ2) is 3.56. The Kier molecular flexibility index (Phi) is 2.47. The first-order valence-electron chi connectivity index (χ1n) is 3.14. The number of carboxylic acid groups (broad SMARTS) is 1. The van der Waals surface area contributed by atoms with Gasteiger partial charge in [0.2, 0.25) is 0 Å². The molecule has 0 radical (unpaired) electrons. The molecule has 0 unspecified atom stereocenters. The summed E-state index contributed by atoms with van der Waals surface area (Å²) in [5.41, 5.74) is 0. The summed E-state index contributed by atoms with van der Waals surface area (Å²) in [6.07, 6.45) is 2.25. The summed E-state index contributed by atoms with van der Waals surface area (Å²) in [4.78, 5) is 10.1. The van der Waals surface area contributed by atoms with Gasteiger partial charge in [0.25, 0.3) is 5.88 Å². The van der Waals surface area contributed by atoms with Crippen molar-refractivity contribution in [3.05, 3.63) is 17.9 Å². The Labute approximate surface area is 68.2 Å². The molecule has 5 heteroatoms. The number of ether oxygens (including phenoxy) is 1. The van der Waals surface area contributed by atoms with Crippen LogP contribution in [-0.4, -0.2) is 23.3 Å². The van der Waals surface area contributed by atoms with E-state index in [0.29, 0.717) is 11.6 Å². The summed E-state index contributed by atoms with van der Waals surface area (Å²) < 4.78 is 9.40. The van der Waals surface area contributed by atoms with Gasteiger partial charge in [-0.2, -0.15) is 0 Å². The lowest BCUT2D eigenvalue weighted by molar-refractivity contribution is -0.131. The van der Waals surface area contributed by atoms with Gasteiger partial charge in [0, 0.05) is 12.1 Å². The van der Waals surface area contributed by atoms with Crippen LogP contribution in [0.4, 0.5) is 0 Å². The van der Waals surface area contributed by atoms with Crippen molar-refractivity contribution in [2.24, 2.45) is 0 Å². The van der Waals surface area contributed by atoms with E-state index in [-0.39, 0.29) is 0 Å². The zero-order chi connectivity index (χ0) is 8.97. The molecule has 0 spiro atoms. The lowest BCUT2D eigenvalue weighted by Gasteiger charge is -1.83. The number of hydrogen-bond acceptors (Lipinski definition) is 4. The van der Waals surface area contributed by atoms with Gasteiger partial charge in [0.15, 0.2) is 5.76 Å². The van der Waals surface area contributed by atoms with Crippen LogP contribution in [0.5, 0.6) is 5.88 Å². The molecule has 0 saturated carbocycles. The van der Waals surface area contributed by atoms with Gasteiger partial charge in [-0.3, -0.25) is 0 Å². The largest absolute Gasteiger partial charge is 0.479 e. The highest BCUT2D eigenvalue weighted by molar-refractivity contribution is 5.84. The van der Waals surface area contributed by atoms with Crippen LogP contribution in [0.2, 0.25) is 0 Å². The van der Waals surface area contributed by atoms with E-state index < -0.39 is 5.97 Å². The van der Waals surface area contributed by atoms with Crippen LogP contribution < -0.4 is 4.74 Å².